The number of rotatable bonds is 0. The molecular formula is C5F14. The molecule has 0 amide bonds. The number of alkyl halides is 14. The molecule has 0 saturated heterocycles. The van der Waals surface area contributed by atoms with Gasteiger partial charge in [0, 0.05) is 0 Å². The zero-order valence-corrected chi connectivity index (χ0v) is 7.79. The van der Waals surface area contributed by atoms with Crippen LogP contribution in [0.2, 0.25) is 0 Å². The van der Waals surface area contributed by atoms with Crippen LogP contribution in [0.3, 0.4) is 0 Å². The minimum Gasteiger partial charge on any atom is -0.186 e. The van der Waals surface area contributed by atoms with E-state index in [0.717, 1.165) is 0 Å². The number of halogens is 14. The van der Waals surface area contributed by atoms with Gasteiger partial charge < -0.3 is 0 Å². The van der Waals surface area contributed by atoms with Crippen LogP contribution in [-0.4, -0.2) is 30.6 Å². The molecule has 0 fully saturated rings. The SMILES string of the molecule is FC(F)(F)C(F)(F)C(F)(F)F.FC(F)(F)C(F)(F)F. The molecule has 0 aromatic carbocycles. The maximum atomic E-state index is 11.2. The van der Waals surface area contributed by atoms with E-state index in [-0.39, 0.29) is 0 Å². The van der Waals surface area contributed by atoms with E-state index >= 15 is 0 Å². The highest BCUT2D eigenvalue weighted by atomic mass is 19.5. The van der Waals surface area contributed by atoms with Crippen LogP contribution in [0.15, 0.2) is 0 Å². The van der Waals surface area contributed by atoms with Crippen LogP contribution >= 0.6 is 0 Å². The predicted octanol–water partition coefficient (Wildman–Crippen LogP) is 4.86. The van der Waals surface area contributed by atoms with Gasteiger partial charge >= 0.3 is 30.6 Å². The van der Waals surface area contributed by atoms with E-state index in [1.807, 2.05) is 0 Å². The first-order valence-electron chi connectivity index (χ1n) is 3.40. The summed E-state index contributed by atoms with van der Waals surface area (Å²) in [4.78, 5) is 0. The van der Waals surface area contributed by atoms with Crippen molar-refractivity contribution < 1.29 is 61.5 Å². The van der Waals surface area contributed by atoms with Gasteiger partial charge in [-0.3, -0.25) is 0 Å². The second-order valence-corrected chi connectivity index (χ2v) is 2.57. The van der Waals surface area contributed by atoms with Gasteiger partial charge in [-0.05, 0) is 0 Å². The molecule has 0 heterocycles. The molecule has 0 rings (SSSR count). The lowest BCUT2D eigenvalue weighted by Gasteiger charge is -2.21. The minimum absolute atomic E-state index is 6.06. The van der Waals surface area contributed by atoms with Gasteiger partial charge in [0.1, 0.15) is 0 Å². The molecule has 0 spiro atoms. The molecule has 0 radical (unpaired) electrons. The van der Waals surface area contributed by atoms with Crippen LogP contribution in [0.5, 0.6) is 0 Å². The van der Waals surface area contributed by atoms with Gasteiger partial charge in [-0.25, -0.2) is 0 Å². The van der Waals surface area contributed by atoms with Crippen molar-refractivity contribution >= 4 is 0 Å². The van der Waals surface area contributed by atoms with Crippen molar-refractivity contribution in [3.63, 3.8) is 0 Å². The van der Waals surface area contributed by atoms with E-state index in [1.165, 1.54) is 0 Å². The molecule has 118 valence electrons. The summed E-state index contributed by atoms with van der Waals surface area (Å²) in [5.74, 6) is -6.62. The highest BCUT2D eigenvalue weighted by molar-refractivity contribution is 4.83. The van der Waals surface area contributed by atoms with E-state index in [2.05, 4.69) is 0 Å². The average Bonchev–Trinajstić information content (AvgIpc) is 1.96. The molecule has 0 aliphatic rings. The van der Waals surface area contributed by atoms with Crippen LogP contribution < -0.4 is 0 Å². The summed E-state index contributed by atoms with van der Waals surface area (Å²) in [5.41, 5.74) is 0. The van der Waals surface area contributed by atoms with Crippen molar-refractivity contribution in [3.05, 3.63) is 0 Å². The Kier molecular flexibility index (Phi) is 5.55. The van der Waals surface area contributed by atoms with Crippen molar-refractivity contribution in [2.24, 2.45) is 0 Å². The summed E-state index contributed by atoms with van der Waals surface area (Å²) >= 11 is 0. The van der Waals surface area contributed by atoms with Crippen LogP contribution in [0.25, 0.3) is 0 Å². The van der Waals surface area contributed by atoms with Crippen LogP contribution in [-0.2, 0) is 0 Å². The molecule has 0 N–H and O–H groups in total. The van der Waals surface area contributed by atoms with Crippen molar-refractivity contribution in [1.82, 2.24) is 0 Å². The molecule has 0 unspecified atom stereocenters. The Morgan fingerprint density at radius 1 is 0.263 bits per heavy atom. The van der Waals surface area contributed by atoms with Gasteiger partial charge in [-0.15, -0.1) is 0 Å². The first-order valence-corrected chi connectivity index (χ1v) is 3.40. The maximum Gasteiger partial charge on any atom is 0.487 e. The fourth-order valence-corrected chi connectivity index (χ4v) is 0.161. The Balaban J connectivity index is 0. The van der Waals surface area contributed by atoms with Crippen molar-refractivity contribution in [2.75, 3.05) is 0 Å². The Labute approximate surface area is 93.5 Å². The Morgan fingerprint density at radius 3 is 0.421 bits per heavy atom. The second-order valence-electron chi connectivity index (χ2n) is 2.57. The van der Waals surface area contributed by atoms with E-state index in [0.29, 0.717) is 0 Å². The van der Waals surface area contributed by atoms with Crippen molar-refractivity contribution in [3.8, 4) is 0 Å². The number of hydrogen-bond donors (Lipinski definition) is 0. The minimum atomic E-state index is -6.62. The predicted molar refractivity (Wildman–Crippen MR) is 29.2 cm³/mol. The summed E-state index contributed by atoms with van der Waals surface area (Å²) in [5, 5.41) is 0. The normalized spacial score (nSPS) is 14.8. The fourth-order valence-electron chi connectivity index (χ4n) is 0.161. The highest BCUT2D eigenvalue weighted by Gasteiger charge is 2.74. The van der Waals surface area contributed by atoms with Crippen LogP contribution in [0.4, 0.5) is 61.5 Å². The smallest absolute Gasteiger partial charge is 0.186 e. The summed E-state index contributed by atoms with van der Waals surface area (Å²) in [6, 6.07) is 0. The average molecular weight is 326 g/mol. The Hall–Kier alpha value is -0.980. The molecule has 0 saturated carbocycles. The van der Waals surface area contributed by atoms with Gasteiger partial charge in [0.15, 0.2) is 0 Å². The Bertz CT molecular complexity index is 240. The molecule has 0 aliphatic heterocycles. The molecule has 0 aromatic heterocycles. The monoisotopic (exact) mass is 326 g/mol. The van der Waals surface area contributed by atoms with Gasteiger partial charge in [-0.1, -0.05) is 0 Å². The van der Waals surface area contributed by atoms with E-state index in [4.69, 9.17) is 0 Å². The molecule has 0 aliphatic carbocycles. The van der Waals surface area contributed by atoms with Gasteiger partial charge in [0.25, 0.3) is 0 Å². The van der Waals surface area contributed by atoms with Crippen LogP contribution in [0, 0.1) is 0 Å². The van der Waals surface area contributed by atoms with Crippen molar-refractivity contribution in [1.29, 1.82) is 0 Å². The molecule has 14 heteroatoms. The van der Waals surface area contributed by atoms with Gasteiger partial charge in [-0.2, -0.15) is 61.5 Å². The largest absolute Gasteiger partial charge is 0.487 e. The first kappa shape index (κ1) is 20.3. The number of hydrogen-bond acceptors (Lipinski definition) is 0. The zero-order chi connectivity index (χ0) is 16.5. The molecule has 19 heavy (non-hydrogen) atoms. The van der Waals surface area contributed by atoms with Gasteiger partial charge in [0.05, 0.1) is 0 Å². The summed E-state index contributed by atoms with van der Waals surface area (Å²) in [6.07, 6.45) is -25.3. The first-order chi connectivity index (χ1) is 7.75. The van der Waals surface area contributed by atoms with Gasteiger partial charge in [0.2, 0.25) is 0 Å². The third kappa shape index (κ3) is 5.67. The maximum absolute atomic E-state index is 11.2. The zero-order valence-electron chi connectivity index (χ0n) is 7.79. The summed E-state index contributed by atoms with van der Waals surface area (Å²) in [7, 11) is 0. The summed E-state index contributed by atoms with van der Waals surface area (Å²) in [6.45, 7) is 0. The molecule has 0 atom stereocenters. The Morgan fingerprint density at radius 2 is 0.421 bits per heavy atom. The summed E-state index contributed by atoms with van der Waals surface area (Å²) < 4.78 is 150. The molecule has 0 aromatic rings. The quantitative estimate of drug-likeness (QED) is 0.558. The standard InChI is InChI=1S/C3F8.C2F6/c4-1(5,2(6,7)8)3(9,10)11;3-1(4,5)2(6,7)8. The lowest BCUT2D eigenvalue weighted by molar-refractivity contribution is -0.389. The van der Waals surface area contributed by atoms with Crippen molar-refractivity contribution in [2.45, 2.75) is 30.6 Å². The van der Waals surface area contributed by atoms with Crippen LogP contribution in [0.1, 0.15) is 0 Å². The third-order valence-corrected chi connectivity index (χ3v) is 1.03. The molecule has 0 nitrogen and oxygen atoms in total. The topological polar surface area (TPSA) is 0 Å². The third-order valence-electron chi connectivity index (χ3n) is 1.03. The second kappa shape index (κ2) is 5.19. The lowest BCUT2D eigenvalue weighted by atomic mass is 10.3. The molecule has 0 bridgehead atoms. The van der Waals surface area contributed by atoms with E-state index < -0.39 is 30.6 Å². The van der Waals surface area contributed by atoms with E-state index in [9.17, 15) is 61.5 Å². The van der Waals surface area contributed by atoms with E-state index in [1.54, 1.807) is 0 Å². The fraction of sp³-hybridized carbons (Fsp3) is 1.00. The lowest BCUT2D eigenvalue weighted by Crippen LogP contribution is -2.49. The molecular weight excluding hydrogens is 326 g/mol. The highest BCUT2D eigenvalue weighted by Crippen LogP contribution is 2.46.